The molecule has 1 amide bonds. The summed E-state index contributed by atoms with van der Waals surface area (Å²) in [5.74, 6) is 0.685. The fourth-order valence-corrected chi connectivity index (χ4v) is 1.89. The van der Waals surface area contributed by atoms with Gasteiger partial charge in [-0.3, -0.25) is 4.79 Å². The first-order valence-electron chi connectivity index (χ1n) is 7.15. The van der Waals surface area contributed by atoms with E-state index in [1.165, 1.54) is 0 Å². The van der Waals surface area contributed by atoms with Crippen molar-refractivity contribution in [3.8, 4) is 5.88 Å². The first kappa shape index (κ1) is 17.4. The standard InChI is InChI=1S/C15H25N3O3/c1-11(2)8-12(9-16)15(19)18-13-4-5-14(17-10-13)21-7-6-20-3/h4-5,10-12H,6-9,16H2,1-3H3,(H,18,19). The van der Waals surface area contributed by atoms with Crippen LogP contribution in [0.15, 0.2) is 18.3 Å². The first-order chi connectivity index (χ1) is 10.1. The minimum absolute atomic E-state index is 0.0685. The molecule has 1 heterocycles. The van der Waals surface area contributed by atoms with E-state index in [1.807, 2.05) is 0 Å². The normalized spacial score (nSPS) is 12.2. The van der Waals surface area contributed by atoms with E-state index in [2.05, 4.69) is 24.1 Å². The SMILES string of the molecule is COCCOc1ccc(NC(=O)C(CN)CC(C)C)cn1. The summed E-state index contributed by atoms with van der Waals surface area (Å²) in [6.45, 7) is 5.44. The Kier molecular flexibility index (Phi) is 7.71. The molecular weight excluding hydrogens is 270 g/mol. The van der Waals surface area contributed by atoms with Crippen molar-refractivity contribution >= 4 is 11.6 Å². The topological polar surface area (TPSA) is 86.5 Å². The average molecular weight is 295 g/mol. The highest BCUT2D eigenvalue weighted by molar-refractivity contribution is 5.92. The third-order valence-corrected chi connectivity index (χ3v) is 2.95. The monoisotopic (exact) mass is 295 g/mol. The molecule has 1 unspecified atom stereocenters. The molecule has 0 aromatic carbocycles. The van der Waals surface area contributed by atoms with Crippen LogP contribution in [0.2, 0.25) is 0 Å². The number of nitrogens with zero attached hydrogens (tertiary/aromatic N) is 1. The van der Waals surface area contributed by atoms with Gasteiger partial charge in [-0.15, -0.1) is 0 Å². The van der Waals surface area contributed by atoms with Gasteiger partial charge in [0, 0.05) is 19.7 Å². The number of hydrogen-bond acceptors (Lipinski definition) is 5. The second-order valence-corrected chi connectivity index (χ2v) is 5.28. The Morgan fingerprint density at radius 3 is 2.67 bits per heavy atom. The molecule has 1 aromatic heterocycles. The molecule has 0 spiro atoms. The quantitative estimate of drug-likeness (QED) is 0.677. The minimum Gasteiger partial charge on any atom is -0.475 e. The molecule has 6 heteroatoms. The lowest BCUT2D eigenvalue weighted by Gasteiger charge is -2.16. The number of pyridine rings is 1. The Hall–Kier alpha value is -1.66. The maximum Gasteiger partial charge on any atom is 0.228 e. The number of nitrogens with one attached hydrogen (secondary N) is 1. The summed E-state index contributed by atoms with van der Waals surface area (Å²) in [4.78, 5) is 16.2. The molecule has 21 heavy (non-hydrogen) atoms. The lowest BCUT2D eigenvalue weighted by Crippen LogP contribution is -2.30. The Bertz CT molecular complexity index is 421. The van der Waals surface area contributed by atoms with Gasteiger partial charge < -0.3 is 20.5 Å². The van der Waals surface area contributed by atoms with Crippen LogP contribution in [-0.2, 0) is 9.53 Å². The highest BCUT2D eigenvalue weighted by Gasteiger charge is 2.18. The second-order valence-electron chi connectivity index (χ2n) is 5.28. The van der Waals surface area contributed by atoms with Crippen LogP contribution < -0.4 is 15.8 Å². The molecule has 0 saturated heterocycles. The summed E-state index contributed by atoms with van der Waals surface area (Å²) in [5.41, 5.74) is 6.30. The average Bonchev–Trinajstić information content (AvgIpc) is 2.46. The number of ether oxygens (including phenoxy) is 2. The molecule has 118 valence electrons. The molecule has 0 saturated carbocycles. The van der Waals surface area contributed by atoms with E-state index in [0.717, 1.165) is 6.42 Å². The van der Waals surface area contributed by atoms with Crippen molar-refractivity contribution in [2.75, 3.05) is 32.2 Å². The number of amides is 1. The molecule has 0 aliphatic carbocycles. The Morgan fingerprint density at radius 2 is 2.14 bits per heavy atom. The number of rotatable bonds is 9. The molecule has 1 rings (SSSR count). The number of carbonyl (C=O) groups is 1. The van der Waals surface area contributed by atoms with Crippen molar-refractivity contribution in [3.05, 3.63) is 18.3 Å². The predicted molar refractivity (Wildman–Crippen MR) is 82.2 cm³/mol. The largest absolute Gasteiger partial charge is 0.475 e. The van der Waals surface area contributed by atoms with Gasteiger partial charge in [0.25, 0.3) is 0 Å². The molecular formula is C15H25N3O3. The maximum atomic E-state index is 12.1. The molecule has 0 aliphatic rings. The summed E-state index contributed by atoms with van der Waals surface area (Å²) in [7, 11) is 1.61. The van der Waals surface area contributed by atoms with Crippen LogP contribution in [0, 0.1) is 11.8 Å². The van der Waals surface area contributed by atoms with E-state index in [0.29, 0.717) is 37.2 Å². The van der Waals surface area contributed by atoms with Gasteiger partial charge in [0.1, 0.15) is 6.61 Å². The smallest absolute Gasteiger partial charge is 0.228 e. The van der Waals surface area contributed by atoms with E-state index in [9.17, 15) is 4.79 Å². The zero-order valence-corrected chi connectivity index (χ0v) is 13.0. The van der Waals surface area contributed by atoms with E-state index >= 15 is 0 Å². The second kappa shape index (κ2) is 9.31. The van der Waals surface area contributed by atoms with Gasteiger partial charge in [-0.05, 0) is 18.4 Å². The fraction of sp³-hybridized carbons (Fsp3) is 0.600. The number of methoxy groups -OCH3 is 1. The number of anilines is 1. The van der Waals surface area contributed by atoms with Gasteiger partial charge in [0.15, 0.2) is 0 Å². The van der Waals surface area contributed by atoms with Gasteiger partial charge in [-0.25, -0.2) is 4.98 Å². The summed E-state index contributed by atoms with van der Waals surface area (Å²) in [6.07, 6.45) is 2.34. The zero-order valence-electron chi connectivity index (χ0n) is 13.0. The van der Waals surface area contributed by atoms with E-state index in [1.54, 1.807) is 25.4 Å². The lowest BCUT2D eigenvalue weighted by molar-refractivity contribution is -0.120. The van der Waals surface area contributed by atoms with Crippen LogP contribution in [0.1, 0.15) is 20.3 Å². The highest BCUT2D eigenvalue weighted by atomic mass is 16.5. The summed E-state index contributed by atoms with van der Waals surface area (Å²) < 4.78 is 10.2. The molecule has 0 fully saturated rings. The van der Waals surface area contributed by atoms with Crippen molar-refractivity contribution in [2.45, 2.75) is 20.3 Å². The summed E-state index contributed by atoms with van der Waals surface area (Å²) >= 11 is 0. The van der Waals surface area contributed by atoms with Crippen molar-refractivity contribution in [1.29, 1.82) is 0 Å². The van der Waals surface area contributed by atoms with Gasteiger partial charge >= 0.3 is 0 Å². The van der Waals surface area contributed by atoms with Crippen LogP contribution in [0.25, 0.3) is 0 Å². The molecule has 0 bridgehead atoms. The van der Waals surface area contributed by atoms with Crippen LogP contribution in [-0.4, -0.2) is 37.8 Å². The van der Waals surface area contributed by atoms with Crippen molar-refractivity contribution in [2.24, 2.45) is 17.6 Å². The molecule has 0 aliphatic heterocycles. The van der Waals surface area contributed by atoms with E-state index in [4.69, 9.17) is 15.2 Å². The van der Waals surface area contributed by atoms with Crippen LogP contribution in [0.5, 0.6) is 5.88 Å². The van der Waals surface area contributed by atoms with Crippen LogP contribution in [0.4, 0.5) is 5.69 Å². The molecule has 0 radical (unpaired) electrons. The number of aromatic nitrogens is 1. The van der Waals surface area contributed by atoms with E-state index < -0.39 is 0 Å². The molecule has 3 N–H and O–H groups in total. The molecule has 6 nitrogen and oxygen atoms in total. The molecule has 1 aromatic rings. The number of nitrogens with two attached hydrogens (primary N) is 1. The number of hydrogen-bond donors (Lipinski definition) is 2. The lowest BCUT2D eigenvalue weighted by atomic mass is 9.96. The van der Waals surface area contributed by atoms with Crippen LogP contribution in [0.3, 0.4) is 0 Å². The van der Waals surface area contributed by atoms with E-state index in [-0.39, 0.29) is 11.8 Å². The zero-order chi connectivity index (χ0) is 15.7. The summed E-state index contributed by atoms with van der Waals surface area (Å²) in [5, 5.41) is 2.83. The third-order valence-electron chi connectivity index (χ3n) is 2.95. The first-order valence-corrected chi connectivity index (χ1v) is 7.15. The van der Waals surface area contributed by atoms with Gasteiger partial charge in [0.2, 0.25) is 11.8 Å². The number of carbonyl (C=O) groups excluding carboxylic acids is 1. The Morgan fingerprint density at radius 1 is 1.38 bits per heavy atom. The minimum atomic E-state index is -0.178. The Balaban J connectivity index is 2.52. The fourth-order valence-electron chi connectivity index (χ4n) is 1.89. The van der Waals surface area contributed by atoms with Crippen molar-refractivity contribution in [3.63, 3.8) is 0 Å². The van der Waals surface area contributed by atoms with Gasteiger partial charge in [0.05, 0.1) is 24.4 Å². The summed E-state index contributed by atoms with van der Waals surface area (Å²) in [6, 6.07) is 3.47. The van der Waals surface area contributed by atoms with Crippen molar-refractivity contribution < 1.29 is 14.3 Å². The van der Waals surface area contributed by atoms with Gasteiger partial charge in [-0.2, -0.15) is 0 Å². The highest BCUT2D eigenvalue weighted by Crippen LogP contribution is 2.15. The molecule has 1 atom stereocenters. The van der Waals surface area contributed by atoms with Crippen molar-refractivity contribution in [1.82, 2.24) is 4.98 Å². The van der Waals surface area contributed by atoms with Gasteiger partial charge in [-0.1, -0.05) is 13.8 Å². The van der Waals surface area contributed by atoms with Crippen LogP contribution >= 0.6 is 0 Å². The third kappa shape index (κ3) is 6.55. The maximum absolute atomic E-state index is 12.1. The Labute approximate surface area is 126 Å². The predicted octanol–water partition coefficient (Wildman–Crippen LogP) is 1.67.